The molecule has 2 fully saturated rings. The van der Waals surface area contributed by atoms with Gasteiger partial charge in [-0.2, -0.15) is 0 Å². The van der Waals surface area contributed by atoms with Crippen LogP contribution in [0, 0.1) is 16.7 Å². The SMILES string of the molecule is CN(C)CCO[C@]1(c2ccccc2)C[C@H]2CC[C@]1(C)C2(C)C.O=C(O)CCCCC(=O)O. The number of carboxylic acid groups (broad SMARTS) is 2. The maximum atomic E-state index is 9.90. The summed E-state index contributed by atoms with van der Waals surface area (Å²) >= 11 is 0. The molecule has 0 aromatic heterocycles. The summed E-state index contributed by atoms with van der Waals surface area (Å²) in [7, 11) is 4.23. The molecule has 2 aliphatic rings. The average molecular weight is 448 g/mol. The Kier molecular flexibility index (Phi) is 8.89. The van der Waals surface area contributed by atoms with E-state index in [1.54, 1.807) is 0 Å². The van der Waals surface area contributed by atoms with Crippen LogP contribution in [0.15, 0.2) is 30.3 Å². The minimum atomic E-state index is -0.870. The van der Waals surface area contributed by atoms with Gasteiger partial charge in [0.25, 0.3) is 0 Å². The van der Waals surface area contributed by atoms with Gasteiger partial charge >= 0.3 is 11.9 Å². The Morgan fingerprint density at radius 1 is 1.03 bits per heavy atom. The van der Waals surface area contributed by atoms with E-state index < -0.39 is 11.9 Å². The van der Waals surface area contributed by atoms with E-state index in [0.29, 0.717) is 18.3 Å². The molecular formula is C26H41NO5. The molecule has 180 valence electrons. The quantitative estimate of drug-likeness (QED) is 0.490. The molecule has 2 bridgehead atoms. The molecule has 0 heterocycles. The van der Waals surface area contributed by atoms with Crippen LogP contribution in [0.2, 0.25) is 0 Å². The normalized spacial score (nSPS) is 27.8. The zero-order valence-electron chi connectivity index (χ0n) is 20.4. The predicted octanol–water partition coefficient (Wildman–Crippen LogP) is 5.02. The van der Waals surface area contributed by atoms with Crippen molar-refractivity contribution < 1.29 is 24.5 Å². The first kappa shape index (κ1) is 26.3. The minimum Gasteiger partial charge on any atom is -0.481 e. The number of benzene rings is 1. The predicted molar refractivity (Wildman–Crippen MR) is 126 cm³/mol. The van der Waals surface area contributed by atoms with Crippen molar-refractivity contribution >= 4 is 11.9 Å². The highest BCUT2D eigenvalue weighted by molar-refractivity contribution is 5.67. The molecule has 0 saturated heterocycles. The summed E-state index contributed by atoms with van der Waals surface area (Å²) in [4.78, 5) is 22.0. The number of likely N-dealkylation sites (N-methyl/N-ethyl adjacent to an activating group) is 1. The van der Waals surface area contributed by atoms with E-state index in [1.165, 1.54) is 24.8 Å². The Balaban J connectivity index is 0.000000309. The first-order valence-corrected chi connectivity index (χ1v) is 11.7. The van der Waals surface area contributed by atoms with E-state index in [1.807, 2.05) is 0 Å². The standard InChI is InChI=1S/C20H31NO.C6H10O4/c1-18(2)17-11-12-19(18,3)20(15-17,22-14-13-21(4)5)16-9-7-6-8-10-16;7-5(8)3-1-2-4-6(9)10/h6-10,17H,11-15H2,1-5H3;1-4H2,(H,7,8)(H,9,10)/t17-,19-,20+;/m1./s1. The smallest absolute Gasteiger partial charge is 0.303 e. The number of ether oxygens (including phenoxy) is 1. The molecule has 1 aromatic carbocycles. The lowest BCUT2D eigenvalue weighted by atomic mass is 9.62. The van der Waals surface area contributed by atoms with Gasteiger partial charge in [-0.1, -0.05) is 51.1 Å². The fourth-order valence-electron chi connectivity index (χ4n) is 5.65. The Labute approximate surface area is 193 Å². The zero-order chi connectivity index (χ0) is 24.0. The largest absolute Gasteiger partial charge is 0.481 e. The Hall–Kier alpha value is -1.92. The molecule has 0 amide bonds. The molecule has 0 radical (unpaired) electrons. The van der Waals surface area contributed by atoms with Crippen LogP contribution in [0.1, 0.15) is 71.3 Å². The fraction of sp³-hybridized carbons (Fsp3) is 0.692. The molecule has 3 atom stereocenters. The molecule has 0 spiro atoms. The lowest BCUT2D eigenvalue weighted by molar-refractivity contribution is -0.148. The van der Waals surface area contributed by atoms with Crippen molar-refractivity contribution in [1.29, 1.82) is 0 Å². The average Bonchev–Trinajstić information content (AvgIpc) is 3.04. The van der Waals surface area contributed by atoms with Crippen LogP contribution in [0.5, 0.6) is 0 Å². The van der Waals surface area contributed by atoms with Gasteiger partial charge in [0.05, 0.1) is 12.2 Å². The molecule has 6 heteroatoms. The molecule has 2 N–H and O–H groups in total. The van der Waals surface area contributed by atoms with E-state index in [4.69, 9.17) is 14.9 Å². The van der Waals surface area contributed by atoms with Crippen molar-refractivity contribution in [3.05, 3.63) is 35.9 Å². The highest BCUT2D eigenvalue weighted by atomic mass is 16.5. The Morgan fingerprint density at radius 3 is 2.00 bits per heavy atom. The maximum Gasteiger partial charge on any atom is 0.303 e. The monoisotopic (exact) mass is 447 g/mol. The highest BCUT2D eigenvalue weighted by Crippen LogP contribution is 2.73. The minimum absolute atomic E-state index is 0.0628. The van der Waals surface area contributed by atoms with Gasteiger partial charge in [0.2, 0.25) is 0 Å². The number of hydrogen-bond donors (Lipinski definition) is 2. The van der Waals surface area contributed by atoms with Crippen molar-refractivity contribution in [2.75, 3.05) is 27.2 Å². The van der Waals surface area contributed by atoms with E-state index in [0.717, 1.165) is 19.1 Å². The number of nitrogens with zero attached hydrogens (tertiary/aromatic N) is 1. The molecule has 32 heavy (non-hydrogen) atoms. The van der Waals surface area contributed by atoms with Crippen molar-refractivity contribution in [2.45, 2.75) is 71.3 Å². The van der Waals surface area contributed by atoms with Gasteiger partial charge in [-0.25, -0.2) is 0 Å². The second kappa shape index (κ2) is 10.8. The van der Waals surface area contributed by atoms with Gasteiger partial charge in [-0.3, -0.25) is 9.59 Å². The summed E-state index contributed by atoms with van der Waals surface area (Å²) < 4.78 is 6.72. The summed E-state index contributed by atoms with van der Waals surface area (Å²) in [6.07, 6.45) is 4.83. The van der Waals surface area contributed by atoms with Gasteiger partial charge in [0, 0.05) is 24.8 Å². The molecule has 2 saturated carbocycles. The molecule has 6 nitrogen and oxygen atoms in total. The van der Waals surface area contributed by atoms with E-state index >= 15 is 0 Å². The van der Waals surface area contributed by atoms with E-state index in [-0.39, 0.29) is 23.9 Å². The molecule has 0 aliphatic heterocycles. The summed E-state index contributed by atoms with van der Waals surface area (Å²) in [5.41, 5.74) is 1.84. The molecule has 0 unspecified atom stereocenters. The van der Waals surface area contributed by atoms with Gasteiger partial charge in [0.1, 0.15) is 0 Å². The van der Waals surface area contributed by atoms with Crippen LogP contribution in [0.4, 0.5) is 0 Å². The number of hydrogen-bond acceptors (Lipinski definition) is 4. The van der Waals surface area contributed by atoms with Crippen molar-refractivity contribution in [2.24, 2.45) is 16.7 Å². The van der Waals surface area contributed by atoms with Crippen LogP contribution < -0.4 is 0 Å². The number of rotatable bonds is 10. The van der Waals surface area contributed by atoms with Gasteiger partial charge in [-0.05, 0) is 63.1 Å². The third-order valence-electron chi connectivity index (χ3n) is 8.02. The van der Waals surface area contributed by atoms with Gasteiger partial charge < -0.3 is 19.8 Å². The fourth-order valence-corrected chi connectivity index (χ4v) is 5.65. The van der Waals surface area contributed by atoms with Crippen LogP contribution in [0.3, 0.4) is 0 Å². The van der Waals surface area contributed by atoms with Crippen molar-refractivity contribution in [3.63, 3.8) is 0 Å². The molecule has 1 aromatic rings. The second-order valence-electron chi connectivity index (χ2n) is 10.3. The molecule has 3 rings (SSSR count). The third-order valence-corrected chi connectivity index (χ3v) is 8.02. The van der Waals surface area contributed by atoms with Crippen LogP contribution in [-0.4, -0.2) is 54.3 Å². The lowest BCUT2D eigenvalue weighted by Crippen LogP contribution is -2.47. The van der Waals surface area contributed by atoms with Gasteiger partial charge in [0.15, 0.2) is 0 Å². The van der Waals surface area contributed by atoms with Crippen LogP contribution in [0.25, 0.3) is 0 Å². The Bertz CT molecular complexity index is 747. The van der Waals surface area contributed by atoms with E-state index in [2.05, 4.69) is 70.1 Å². The van der Waals surface area contributed by atoms with Crippen LogP contribution in [-0.2, 0) is 19.9 Å². The summed E-state index contributed by atoms with van der Waals surface area (Å²) in [5.74, 6) is -0.965. The van der Waals surface area contributed by atoms with Crippen molar-refractivity contribution in [1.82, 2.24) is 4.90 Å². The highest BCUT2D eigenvalue weighted by Gasteiger charge is 2.69. The summed E-state index contributed by atoms with van der Waals surface area (Å²) in [6.45, 7) is 9.19. The molecule has 2 aliphatic carbocycles. The second-order valence-corrected chi connectivity index (χ2v) is 10.3. The van der Waals surface area contributed by atoms with Crippen molar-refractivity contribution in [3.8, 4) is 0 Å². The Morgan fingerprint density at radius 2 is 1.59 bits per heavy atom. The maximum absolute atomic E-state index is 9.90. The summed E-state index contributed by atoms with van der Waals surface area (Å²) in [6, 6.07) is 11.0. The third kappa shape index (κ3) is 5.52. The lowest BCUT2D eigenvalue weighted by Gasteiger charge is -2.49. The number of unbranched alkanes of at least 4 members (excludes halogenated alkanes) is 1. The topological polar surface area (TPSA) is 87.1 Å². The first-order valence-electron chi connectivity index (χ1n) is 11.7. The summed E-state index contributed by atoms with van der Waals surface area (Å²) in [5, 5.41) is 16.3. The first-order chi connectivity index (χ1) is 15.0. The van der Waals surface area contributed by atoms with Gasteiger partial charge in [-0.15, -0.1) is 0 Å². The zero-order valence-corrected chi connectivity index (χ0v) is 20.4. The van der Waals surface area contributed by atoms with E-state index in [9.17, 15) is 9.59 Å². The number of carboxylic acids is 2. The molecular weight excluding hydrogens is 406 g/mol. The van der Waals surface area contributed by atoms with Crippen LogP contribution >= 0.6 is 0 Å². The number of aliphatic carboxylic acids is 2. The number of carbonyl (C=O) groups is 2. The number of fused-ring (bicyclic) bond motifs is 2.